The molecule has 3 N–H and O–H groups in total. The Morgan fingerprint density at radius 2 is 2.07 bits per heavy atom. The van der Waals surface area contributed by atoms with Gasteiger partial charge in [0.25, 0.3) is 0 Å². The molecular weight excluding hydrogens is 378 g/mol. The van der Waals surface area contributed by atoms with Gasteiger partial charge in [-0.3, -0.25) is 0 Å². The number of nitrogens with zero attached hydrogens (tertiary/aromatic N) is 3. The zero-order valence-corrected chi connectivity index (χ0v) is 18.0. The summed E-state index contributed by atoms with van der Waals surface area (Å²) in [5.74, 6) is 0.259. The van der Waals surface area contributed by atoms with Gasteiger partial charge in [-0.05, 0) is 51.9 Å². The molecule has 1 saturated heterocycles. The van der Waals surface area contributed by atoms with Crippen molar-refractivity contribution < 1.29 is 14.1 Å². The van der Waals surface area contributed by atoms with Gasteiger partial charge in [-0.25, -0.2) is 14.8 Å². The molecule has 1 spiro atoms. The average Bonchev–Trinajstić information content (AvgIpc) is 3.02. The lowest BCUT2D eigenvalue weighted by Crippen LogP contribution is -2.53. The summed E-state index contributed by atoms with van der Waals surface area (Å²) in [6, 6.07) is 0.252. The Kier molecular flexibility index (Phi) is 6.07. The molecule has 28 heavy (non-hydrogen) atoms. The SMILES string of the molecule is COC(=O)c1ncc(N)nc1N1CCC2(CCC[C@H]2N[S+]([O-])C(C)(C)C)CC1. The first-order valence-corrected chi connectivity index (χ1v) is 10.9. The fourth-order valence-electron chi connectivity index (χ4n) is 4.24. The highest BCUT2D eigenvalue weighted by Gasteiger charge is 2.48. The quantitative estimate of drug-likeness (QED) is 0.573. The number of nitrogens with one attached hydrogen (secondary N) is 1. The second kappa shape index (κ2) is 8.04. The standard InChI is InChI=1S/C19H31N5O3S/c1-18(2,3)28(26)23-13-6-5-7-19(13)8-10-24(11-9-19)16-15(17(25)27-4)21-12-14(20)22-16/h12-13,23H,5-11H2,1-4H3,(H2,20,22)/t13-,28?/m1/s1. The number of esters is 1. The number of anilines is 2. The lowest BCUT2D eigenvalue weighted by Gasteiger charge is -2.44. The van der Waals surface area contributed by atoms with Gasteiger partial charge in [0, 0.05) is 24.5 Å². The lowest BCUT2D eigenvalue weighted by molar-refractivity contribution is 0.0594. The van der Waals surface area contributed by atoms with Gasteiger partial charge in [0.15, 0.2) is 11.5 Å². The lowest BCUT2D eigenvalue weighted by atomic mass is 9.74. The summed E-state index contributed by atoms with van der Waals surface area (Å²) in [6.45, 7) is 7.48. The predicted octanol–water partition coefficient (Wildman–Crippen LogP) is 2.04. The zero-order chi connectivity index (χ0) is 20.5. The number of hydrogen-bond acceptors (Lipinski definition) is 8. The minimum atomic E-state index is -1.08. The number of ether oxygens (including phenoxy) is 1. The van der Waals surface area contributed by atoms with E-state index in [0.717, 1.165) is 45.2 Å². The van der Waals surface area contributed by atoms with Crippen LogP contribution in [0.2, 0.25) is 0 Å². The van der Waals surface area contributed by atoms with Crippen molar-refractivity contribution in [2.45, 2.75) is 63.7 Å². The molecule has 0 aromatic carbocycles. The molecule has 156 valence electrons. The highest BCUT2D eigenvalue weighted by molar-refractivity contribution is 7.90. The summed E-state index contributed by atoms with van der Waals surface area (Å²) in [7, 11) is 1.33. The van der Waals surface area contributed by atoms with Crippen LogP contribution in [-0.2, 0) is 16.1 Å². The normalized spacial score (nSPS) is 23.0. The number of nitrogens with two attached hydrogens (primary N) is 1. The third-order valence-electron chi connectivity index (χ3n) is 5.92. The molecule has 3 rings (SSSR count). The molecule has 0 amide bonds. The van der Waals surface area contributed by atoms with Crippen LogP contribution in [0, 0.1) is 5.41 Å². The van der Waals surface area contributed by atoms with Crippen LogP contribution in [-0.4, -0.2) is 51.5 Å². The van der Waals surface area contributed by atoms with Gasteiger partial charge in [-0.1, -0.05) is 6.42 Å². The summed E-state index contributed by atoms with van der Waals surface area (Å²) in [5, 5.41) is 0. The molecule has 1 aromatic rings. The molecular formula is C19H31N5O3S. The summed E-state index contributed by atoms with van der Waals surface area (Å²) in [4.78, 5) is 22.6. The van der Waals surface area contributed by atoms with Crippen LogP contribution in [0.3, 0.4) is 0 Å². The Balaban J connectivity index is 1.74. The molecule has 9 heteroatoms. The monoisotopic (exact) mass is 409 g/mol. The van der Waals surface area contributed by atoms with E-state index in [1.807, 2.05) is 20.8 Å². The summed E-state index contributed by atoms with van der Waals surface area (Å²) < 4.78 is 20.6. The van der Waals surface area contributed by atoms with E-state index in [1.54, 1.807) is 0 Å². The molecule has 2 heterocycles. The van der Waals surface area contributed by atoms with E-state index >= 15 is 0 Å². The number of rotatable bonds is 4. The maximum Gasteiger partial charge on any atom is 0.360 e. The van der Waals surface area contributed by atoms with E-state index in [-0.39, 0.29) is 27.7 Å². The van der Waals surface area contributed by atoms with Crippen molar-refractivity contribution in [3.8, 4) is 0 Å². The molecule has 2 atom stereocenters. The second-order valence-corrected chi connectivity index (χ2v) is 10.7. The van der Waals surface area contributed by atoms with Gasteiger partial charge in [0.1, 0.15) is 10.6 Å². The van der Waals surface area contributed by atoms with Gasteiger partial charge in [0.05, 0.1) is 19.3 Å². The molecule has 1 unspecified atom stereocenters. The van der Waals surface area contributed by atoms with Crippen molar-refractivity contribution in [3.63, 3.8) is 0 Å². The third-order valence-corrected chi connectivity index (χ3v) is 7.53. The molecule has 0 radical (unpaired) electrons. The van der Waals surface area contributed by atoms with Gasteiger partial charge < -0.3 is 19.9 Å². The van der Waals surface area contributed by atoms with E-state index in [1.165, 1.54) is 13.3 Å². The van der Waals surface area contributed by atoms with E-state index in [2.05, 4.69) is 19.6 Å². The van der Waals surface area contributed by atoms with E-state index in [4.69, 9.17) is 10.5 Å². The van der Waals surface area contributed by atoms with Crippen molar-refractivity contribution in [1.82, 2.24) is 14.7 Å². The van der Waals surface area contributed by atoms with Crippen LogP contribution in [0.5, 0.6) is 0 Å². The predicted molar refractivity (Wildman–Crippen MR) is 110 cm³/mol. The minimum absolute atomic E-state index is 0.136. The zero-order valence-electron chi connectivity index (χ0n) is 17.2. The van der Waals surface area contributed by atoms with E-state index in [9.17, 15) is 9.35 Å². The number of nitrogen functional groups attached to an aromatic ring is 1. The van der Waals surface area contributed by atoms with E-state index in [0.29, 0.717) is 5.82 Å². The molecule has 1 aliphatic heterocycles. The van der Waals surface area contributed by atoms with E-state index < -0.39 is 17.3 Å². The number of piperidine rings is 1. The Morgan fingerprint density at radius 1 is 1.39 bits per heavy atom. The number of carbonyl (C=O) groups excluding carboxylic acids is 1. The summed E-state index contributed by atoms with van der Waals surface area (Å²) >= 11 is -1.08. The first-order valence-electron chi connectivity index (χ1n) is 9.80. The first-order chi connectivity index (χ1) is 13.2. The number of methoxy groups -OCH3 is 1. The van der Waals surface area contributed by atoms with Gasteiger partial charge in [-0.15, -0.1) is 4.72 Å². The van der Waals surface area contributed by atoms with Crippen molar-refractivity contribution in [2.24, 2.45) is 5.41 Å². The highest BCUT2D eigenvalue weighted by Crippen LogP contribution is 2.47. The van der Waals surface area contributed by atoms with Gasteiger partial charge >= 0.3 is 5.97 Å². The summed E-state index contributed by atoms with van der Waals surface area (Å²) in [6.07, 6.45) is 6.59. The number of carbonyl (C=O) groups is 1. The van der Waals surface area contributed by atoms with Crippen LogP contribution in [0.15, 0.2) is 6.20 Å². The van der Waals surface area contributed by atoms with Gasteiger partial charge in [0.2, 0.25) is 0 Å². The maximum atomic E-state index is 12.6. The fraction of sp³-hybridized carbons (Fsp3) is 0.737. The molecule has 2 aliphatic rings. The second-order valence-electron chi connectivity index (χ2n) is 8.75. The Morgan fingerprint density at radius 3 is 2.68 bits per heavy atom. The van der Waals surface area contributed by atoms with Crippen molar-refractivity contribution >= 4 is 29.0 Å². The fourth-order valence-corrected chi connectivity index (χ4v) is 5.22. The van der Waals surface area contributed by atoms with Crippen LogP contribution in [0.25, 0.3) is 0 Å². The smallest absolute Gasteiger partial charge is 0.360 e. The third kappa shape index (κ3) is 4.21. The minimum Gasteiger partial charge on any atom is -0.598 e. The van der Waals surface area contributed by atoms with Crippen LogP contribution in [0.1, 0.15) is 63.4 Å². The molecule has 1 saturated carbocycles. The van der Waals surface area contributed by atoms with Gasteiger partial charge in [-0.2, -0.15) is 0 Å². The maximum absolute atomic E-state index is 12.6. The summed E-state index contributed by atoms with van der Waals surface area (Å²) in [5.41, 5.74) is 6.15. The molecule has 1 aliphatic carbocycles. The number of aromatic nitrogens is 2. The molecule has 8 nitrogen and oxygen atoms in total. The van der Waals surface area contributed by atoms with Crippen LogP contribution >= 0.6 is 0 Å². The van der Waals surface area contributed by atoms with Crippen molar-refractivity contribution in [2.75, 3.05) is 30.8 Å². The molecule has 1 aromatic heterocycles. The molecule has 2 fully saturated rings. The van der Waals surface area contributed by atoms with Crippen LogP contribution in [0.4, 0.5) is 11.6 Å². The van der Waals surface area contributed by atoms with Crippen LogP contribution < -0.4 is 15.4 Å². The molecule has 0 bridgehead atoms. The largest absolute Gasteiger partial charge is 0.598 e. The topological polar surface area (TPSA) is 116 Å². The highest BCUT2D eigenvalue weighted by atomic mass is 32.2. The average molecular weight is 410 g/mol. The Hall–Kier alpha value is -1.58. The Bertz CT molecular complexity index is 716. The Labute approximate surface area is 169 Å². The van der Waals surface area contributed by atoms with Crippen molar-refractivity contribution in [1.29, 1.82) is 0 Å². The number of hydrogen-bond donors (Lipinski definition) is 2. The first kappa shape index (κ1) is 21.1. The van der Waals surface area contributed by atoms with Crippen molar-refractivity contribution in [3.05, 3.63) is 11.9 Å².